The largest absolute Gasteiger partial charge is 0.349 e. The topological polar surface area (TPSA) is 66.5 Å². The summed E-state index contributed by atoms with van der Waals surface area (Å²) in [4.78, 5) is 13.0. The minimum Gasteiger partial charge on any atom is -0.349 e. The fourth-order valence-corrected chi connectivity index (χ4v) is 6.88. The van der Waals surface area contributed by atoms with Crippen LogP contribution in [0.25, 0.3) is 0 Å². The summed E-state index contributed by atoms with van der Waals surface area (Å²) in [5, 5.41) is 3.97. The Kier molecular flexibility index (Phi) is 8.24. The van der Waals surface area contributed by atoms with Gasteiger partial charge in [-0.3, -0.25) is 4.79 Å². The first-order valence-corrected chi connectivity index (χ1v) is 14.5. The number of hydrogen-bond acceptors (Lipinski definition) is 3. The molecule has 1 amide bonds. The lowest BCUT2D eigenvalue weighted by Crippen LogP contribution is -2.44. The quantitative estimate of drug-likeness (QED) is 0.508. The van der Waals surface area contributed by atoms with Gasteiger partial charge in [0.25, 0.3) is 0 Å². The molecule has 8 heteroatoms. The molecule has 0 aromatic heterocycles. The normalized spacial score (nSPS) is 18.3. The molecule has 1 saturated heterocycles. The van der Waals surface area contributed by atoms with Crippen LogP contribution in [0, 0.1) is 5.92 Å². The van der Waals surface area contributed by atoms with Gasteiger partial charge in [0.15, 0.2) is 0 Å². The summed E-state index contributed by atoms with van der Waals surface area (Å²) in [5.41, 5.74) is 4.62. The molecule has 5 nitrogen and oxygen atoms in total. The maximum Gasteiger partial charge on any atom is 0.223 e. The molecule has 1 aliphatic carbocycles. The van der Waals surface area contributed by atoms with Crippen LogP contribution < -0.4 is 5.32 Å². The van der Waals surface area contributed by atoms with Crippen LogP contribution in [-0.4, -0.2) is 31.7 Å². The summed E-state index contributed by atoms with van der Waals surface area (Å²) < 4.78 is 27.3. The summed E-state index contributed by atoms with van der Waals surface area (Å²) in [5.74, 6) is -0.286. The first-order chi connectivity index (χ1) is 16.3. The second kappa shape index (κ2) is 11.0. The van der Waals surface area contributed by atoms with E-state index in [1.165, 1.54) is 28.3 Å². The minimum atomic E-state index is -3.49. The number of hydrogen-bond donors (Lipinski definition) is 1. The van der Waals surface area contributed by atoms with E-state index in [0.29, 0.717) is 41.5 Å². The lowest BCUT2D eigenvalue weighted by molar-refractivity contribution is -0.126. The van der Waals surface area contributed by atoms with E-state index in [-0.39, 0.29) is 23.6 Å². The first kappa shape index (κ1) is 25.5. The lowest BCUT2D eigenvalue weighted by atomic mass is 9.88. The Hall–Kier alpha value is -1.60. The highest BCUT2D eigenvalue weighted by atomic mass is 35.5. The zero-order valence-electron chi connectivity index (χ0n) is 19.5. The second-order valence-electron chi connectivity index (χ2n) is 9.38. The van der Waals surface area contributed by atoms with Crippen molar-refractivity contribution < 1.29 is 13.2 Å². The maximum atomic E-state index is 13.0. The number of nitrogens with one attached hydrogen (secondary N) is 1. The number of sulfonamides is 1. The Morgan fingerprint density at radius 2 is 1.74 bits per heavy atom. The molecular weight excluding hydrogens is 491 g/mol. The van der Waals surface area contributed by atoms with Crippen molar-refractivity contribution in [1.82, 2.24) is 9.62 Å². The zero-order chi connectivity index (χ0) is 24.3. The number of carbonyl (C=O) groups excluding carboxylic acids is 1. The summed E-state index contributed by atoms with van der Waals surface area (Å²) in [6.45, 7) is 2.78. The average molecular weight is 524 g/mol. The summed E-state index contributed by atoms with van der Waals surface area (Å²) in [6.07, 6.45) is 6.60. The molecule has 0 radical (unpaired) electrons. The van der Waals surface area contributed by atoms with Gasteiger partial charge in [0.1, 0.15) is 0 Å². The predicted octanol–water partition coefficient (Wildman–Crippen LogP) is 5.68. The number of nitrogens with zero attached hydrogens (tertiary/aromatic N) is 1. The van der Waals surface area contributed by atoms with E-state index in [1.54, 1.807) is 18.2 Å². The van der Waals surface area contributed by atoms with Gasteiger partial charge >= 0.3 is 0 Å². The first-order valence-electron chi connectivity index (χ1n) is 12.1. The fraction of sp³-hybridized carbons (Fsp3) is 0.500. The number of rotatable bonds is 7. The molecule has 1 heterocycles. The van der Waals surface area contributed by atoms with Crippen molar-refractivity contribution in [2.75, 3.05) is 13.1 Å². The molecule has 1 N–H and O–H groups in total. The van der Waals surface area contributed by atoms with Crippen LogP contribution >= 0.6 is 23.2 Å². The van der Waals surface area contributed by atoms with E-state index < -0.39 is 10.0 Å². The van der Waals surface area contributed by atoms with E-state index in [9.17, 15) is 13.2 Å². The standard InChI is InChI=1S/C26H32Cl2N2O3S/c1-2-25(22-9-8-19-5-3-4-6-21(19)16-22)29-26(31)20-11-13-30(14-12-20)34(32,33)17-18-7-10-23(27)24(28)15-18/h7-10,15-16,20,25H,2-6,11-14,17H2,1H3,(H,29,31). The van der Waals surface area contributed by atoms with Crippen LogP contribution in [0.1, 0.15) is 67.3 Å². The van der Waals surface area contributed by atoms with Gasteiger partial charge in [-0.1, -0.05) is 54.4 Å². The van der Waals surface area contributed by atoms with Gasteiger partial charge in [-0.25, -0.2) is 12.7 Å². The summed E-state index contributed by atoms with van der Waals surface area (Å²) in [7, 11) is -3.49. The van der Waals surface area contributed by atoms with Crippen LogP contribution in [0.2, 0.25) is 10.0 Å². The molecule has 184 valence electrons. The molecule has 4 rings (SSSR count). The molecule has 1 fully saturated rings. The fourth-order valence-electron chi connectivity index (χ4n) is 5.01. The predicted molar refractivity (Wildman–Crippen MR) is 138 cm³/mol. The van der Waals surface area contributed by atoms with Crippen molar-refractivity contribution >= 4 is 39.1 Å². The zero-order valence-corrected chi connectivity index (χ0v) is 21.9. The molecule has 1 unspecified atom stereocenters. The van der Waals surface area contributed by atoms with Crippen molar-refractivity contribution in [2.45, 2.75) is 63.7 Å². The Morgan fingerprint density at radius 3 is 2.41 bits per heavy atom. The van der Waals surface area contributed by atoms with Gasteiger partial charge in [-0.05, 0) is 79.3 Å². The summed E-state index contributed by atoms with van der Waals surface area (Å²) >= 11 is 12.0. The number of halogens is 2. The van der Waals surface area contributed by atoms with Crippen LogP contribution in [0.3, 0.4) is 0 Å². The van der Waals surface area contributed by atoms with Crippen LogP contribution in [0.4, 0.5) is 0 Å². The summed E-state index contributed by atoms with van der Waals surface area (Å²) in [6, 6.07) is 11.5. The number of piperidine rings is 1. The van der Waals surface area contributed by atoms with E-state index in [4.69, 9.17) is 23.2 Å². The van der Waals surface area contributed by atoms with Crippen molar-refractivity contribution in [3.8, 4) is 0 Å². The molecule has 0 spiro atoms. The third-order valence-electron chi connectivity index (χ3n) is 7.05. The maximum absolute atomic E-state index is 13.0. The average Bonchev–Trinajstić information content (AvgIpc) is 2.84. The van der Waals surface area contributed by atoms with Crippen molar-refractivity contribution in [2.24, 2.45) is 5.92 Å². The number of aryl methyl sites for hydroxylation is 2. The second-order valence-corrected chi connectivity index (χ2v) is 12.2. The van der Waals surface area contributed by atoms with Gasteiger partial charge in [0.05, 0.1) is 21.8 Å². The molecule has 1 aliphatic heterocycles. The van der Waals surface area contributed by atoms with E-state index in [2.05, 4.69) is 30.4 Å². The molecule has 34 heavy (non-hydrogen) atoms. The van der Waals surface area contributed by atoms with Crippen molar-refractivity contribution in [1.29, 1.82) is 0 Å². The lowest BCUT2D eigenvalue weighted by Gasteiger charge is -2.31. The van der Waals surface area contributed by atoms with Gasteiger partial charge < -0.3 is 5.32 Å². The van der Waals surface area contributed by atoms with Gasteiger partial charge in [-0.15, -0.1) is 0 Å². The van der Waals surface area contributed by atoms with E-state index >= 15 is 0 Å². The smallest absolute Gasteiger partial charge is 0.223 e. The molecule has 2 aromatic carbocycles. The van der Waals surface area contributed by atoms with Gasteiger partial charge in [0, 0.05) is 19.0 Å². The SMILES string of the molecule is CCC(NC(=O)C1CCN(S(=O)(=O)Cc2ccc(Cl)c(Cl)c2)CC1)c1ccc2c(c1)CCCC2. The van der Waals surface area contributed by atoms with Crippen LogP contribution in [0.5, 0.6) is 0 Å². The highest BCUT2D eigenvalue weighted by molar-refractivity contribution is 7.88. The van der Waals surface area contributed by atoms with Crippen molar-refractivity contribution in [3.63, 3.8) is 0 Å². The molecule has 1 atom stereocenters. The molecular formula is C26H32Cl2N2O3S. The Balaban J connectivity index is 1.34. The number of fused-ring (bicyclic) bond motifs is 1. The molecule has 2 aromatic rings. The Labute approximate surface area is 212 Å². The van der Waals surface area contributed by atoms with E-state index in [0.717, 1.165) is 24.8 Å². The Morgan fingerprint density at radius 1 is 1.03 bits per heavy atom. The number of benzene rings is 2. The van der Waals surface area contributed by atoms with Gasteiger partial charge in [-0.2, -0.15) is 0 Å². The Bertz CT molecular complexity index is 1140. The molecule has 0 saturated carbocycles. The highest BCUT2D eigenvalue weighted by Gasteiger charge is 2.32. The monoisotopic (exact) mass is 522 g/mol. The number of amides is 1. The van der Waals surface area contributed by atoms with Gasteiger partial charge in [0.2, 0.25) is 15.9 Å². The molecule has 0 bridgehead atoms. The highest BCUT2D eigenvalue weighted by Crippen LogP contribution is 2.28. The van der Waals surface area contributed by atoms with Crippen LogP contribution in [0.15, 0.2) is 36.4 Å². The van der Waals surface area contributed by atoms with E-state index in [1.807, 2.05) is 0 Å². The number of carbonyl (C=O) groups is 1. The van der Waals surface area contributed by atoms with Crippen LogP contribution in [-0.2, 0) is 33.4 Å². The molecule has 2 aliphatic rings. The minimum absolute atomic E-state index is 0.0175. The third kappa shape index (κ3) is 5.96. The third-order valence-corrected chi connectivity index (χ3v) is 9.64. The van der Waals surface area contributed by atoms with Crippen molar-refractivity contribution in [3.05, 3.63) is 68.7 Å².